The number of aromatic nitrogens is 7. The van der Waals surface area contributed by atoms with Gasteiger partial charge < -0.3 is 14.6 Å². The molecule has 0 aliphatic heterocycles. The Morgan fingerprint density at radius 2 is 1.93 bits per heavy atom. The largest absolute Gasteiger partial charge is 0.497 e. The summed E-state index contributed by atoms with van der Waals surface area (Å²) in [4.78, 5) is 15.9. The minimum atomic E-state index is -0.451. The number of methoxy groups -OCH3 is 2. The lowest BCUT2D eigenvalue weighted by atomic mass is 10.3. The third kappa shape index (κ3) is 2.83. The summed E-state index contributed by atoms with van der Waals surface area (Å²) in [6.45, 7) is -0.337. The normalized spacial score (nSPS) is 11.2. The zero-order chi connectivity index (χ0) is 19.0. The van der Waals surface area contributed by atoms with E-state index in [-0.39, 0.29) is 24.6 Å². The Morgan fingerprint density at radius 3 is 2.59 bits per heavy atom. The molecule has 0 atom stereocenters. The van der Waals surface area contributed by atoms with Gasteiger partial charge in [-0.2, -0.15) is 14.6 Å². The molecule has 0 aliphatic carbocycles. The summed E-state index contributed by atoms with van der Waals surface area (Å²) < 4.78 is 12.9. The number of aliphatic hydroxyl groups is 1. The van der Waals surface area contributed by atoms with Gasteiger partial charge in [-0.05, 0) is 24.3 Å². The Labute approximate surface area is 152 Å². The number of rotatable bonds is 5. The van der Waals surface area contributed by atoms with Gasteiger partial charge in [-0.15, -0.1) is 15.3 Å². The Kier molecular flexibility index (Phi) is 4.12. The van der Waals surface area contributed by atoms with Crippen LogP contribution in [0.1, 0.15) is 11.5 Å². The number of carbonyl (C=O) groups is 1. The predicted molar refractivity (Wildman–Crippen MR) is 91.4 cm³/mol. The minimum absolute atomic E-state index is 0.0715. The van der Waals surface area contributed by atoms with Crippen molar-refractivity contribution in [2.45, 2.75) is 13.0 Å². The van der Waals surface area contributed by atoms with E-state index in [1.807, 2.05) is 12.1 Å². The second kappa shape index (κ2) is 6.61. The Hall–Kier alpha value is -3.60. The third-order valence-electron chi connectivity index (χ3n) is 3.98. The summed E-state index contributed by atoms with van der Waals surface area (Å²) in [7, 11) is 2.89. The number of hydrogen-bond acceptors (Lipinski definition) is 9. The molecule has 27 heavy (non-hydrogen) atoms. The van der Waals surface area contributed by atoms with Crippen LogP contribution in [0.5, 0.6) is 5.75 Å². The molecular weight excluding hydrogens is 354 g/mol. The van der Waals surface area contributed by atoms with E-state index in [1.165, 1.54) is 11.6 Å². The molecule has 3 heterocycles. The number of ether oxygens (including phenoxy) is 2. The number of esters is 1. The third-order valence-corrected chi connectivity index (χ3v) is 3.98. The standard InChI is InChI=1S/C16H15N7O4/c1-26-10-5-3-9(4-6-10)22-15-14(11(20-22)7-13(25)27-2)18-19-16-17-12(8-24)21-23(15)16/h3-6,24H,7-8H2,1-2H3. The molecule has 0 saturated heterocycles. The zero-order valence-corrected chi connectivity index (χ0v) is 14.5. The van der Waals surface area contributed by atoms with Gasteiger partial charge in [0.2, 0.25) is 0 Å². The van der Waals surface area contributed by atoms with Crippen molar-refractivity contribution in [1.29, 1.82) is 0 Å². The molecule has 138 valence electrons. The van der Waals surface area contributed by atoms with Gasteiger partial charge in [0.25, 0.3) is 5.78 Å². The highest BCUT2D eigenvalue weighted by Gasteiger charge is 2.21. The van der Waals surface area contributed by atoms with Gasteiger partial charge >= 0.3 is 5.97 Å². The summed E-state index contributed by atoms with van der Waals surface area (Å²) in [5.41, 5.74) is 1.95. The van der Waals surface area contributed by atoms with Crippen molar-refractivity contribution in [3.8, 4) is 11.4 Å². The fraction of sp³-hybridized carbons (Fsp3) is 0.250. The summed E-state index contributed by atoms with van der Waals surface area (Å²) in [6, 6.07) is 7.19. The van der Waals surface area contributed by atoms with E-state index < -0.39 is 5.97 Å². The van der Waals surface area contributed by atoms with Crippen LogP contribution >= 0.6 is 0 Å². The van der Waals surface area contributed by atoms with Crippen molar-refractivity contribution >= 4 is 22.9 Å². The maximum Gasteiger partial charge on any atom is 0.311 e. The van der Waals surface area contributed by atoms with E-state index in [2.05, 4.69) is 25.4 Å². The Morgan fingerprint density at radius 1 is 1.15 bits per heavy atom. The van der Waals surface area contributed by atoms with Gasteiger partial charge in [0.1, 0.15) is 18.1 Å². The summed E-state index contributed by atoms with van der Waals surface area (Å²) in [5, 5.41) is 26.2. The molecule has 0 spiro atoms. The second-order valence-electron chi connectivity index (χ2n) is 5.58. The van der Waals surface area contributed by atoms with E-state index in [0.29, 0.717) is 28.3 Å². The lowest BCUT2D eigenvalue weighted by molar-refractivity contribution is -0.139. The molecule has 0 unspecified atom stereocenters. The molecule has 11 nitrogen and oxygen atoms in total. The molecule has 1 aromatic carbocycles. The van der Waals surface area contributed by atoms with Crippen LogP contribution < -0.4 is 4.74 Å². The number of fused-ring (bicyclic) bond motifs is 3. The molecule has 3 aromatic heterocycles. The van der Waals surface area contributed by atoms with Gasteiger partial charge in [-0.1, -0.05) is 0 Å². The number of carbonyl (C=O) groups excluding carboxylic acids is 1. The van der Waals surface area contributed by atoms with Crippen molar-refractivity contribution in [2.24, 2.45) is 0 Å². The molecule has 1 N–H and O–H groups in total. The Bertz CT molecular complexity index is 1130. The average molecular weight is 369 g/mol. The van der Waals surface area contributed by atoms with Gasteiger partial charge in [0, 0.05) is 0 Å². The van der Waals surface area contributed by atoms with Crippen molar-refractivity contribution in [3.63, 3.8) is 0 Å². The van der Waals surface area contributed by atoms with Crippen molar-refractivity contribution in [1.82, 2.24) is 34.6 Å². The van der Waals surface area contributed by atoms with E-state index in [1.54, 1.807) is 23.9 Å². The summed E-state index contributed by atoms with van der Waals surface area (Å²) in [6.07, 6.45) is -0.0715. The second-order valence-corrected chi connectivity index (χ2v) is 5.58. The maximum atomic E-state index is 11.8. The molecular formula is C16H15N7O4. The highest BCUT2D eigenvalue weighted by molar-refractivity contribution is 5.82. The van der Waals surface area contributed by atoms with Crippen LogP contribution in [0, 0.1) is 0 Å². The van der Waals surface area contributed by atoms with E-state index >= 15 is 0 Å². The smallest absolute Gasteiger partial charge is 0.311 e. The van der Waals surface area contributed by atoms with Crippen LogP contribution in [0.3, 0.4) is 0 Å². The lowest BCUT2D eigenvalue weighted by Crippen LogP contribution is -2.06. The maximum absolute atomic E-state index is 11.8. The van der Waals surface area contributed by atoms with Crippen LogP contribution in [0.15, 0.2) is 24.3 Å². The van der Waals surface area contributed by atoms with Crippen molar-refractivity contribution in [2.75, 3.05) is 14.2 Å². The minimum Gasteiger partial charge on any atom is -0.497 e. The van der Waals surface area contributed by atoms with Crippen LogP contribution in [-0.2, 0) is 22.6 Å². The zero-order valence-electron chi connectivity index (χ0n) is 14.5. The molecule has 0 radical (unpaired) electrons. The first-order chi connectivity index (χ1) is 13.1. The molecule has 0 saturated carbocycles. The molecule has 4 aromatic rings. The fourth-order valence-electron chi connectivity index (χ4n) is 2.68. The van der Waals surface area contributed by atoms with Gasteiger partial charge in [0.05, 0.1) is 26.3 Å². The number of hydrogen-bond donors (Lipinski definition) is 1. The number of nitrogens with zero attached hydrogens (tertiary/aromatic N) is 7. The summed E-state index contributed by atoms with van der Waals surface area (Å²) in [5.74, 6) is 0.658. The van der Waals surface area contributed by atoms with Crippen LogP contribution in [0.4, 0.5) is 0 Å². The first-order valence-electron chi connectivity index (χ1n) is 7.96. The first-order valence-corrected chi connectivity index (χ1v) is 7.96. The first kappa shape index (κ1) is 16.8. The Balaban J connectivity index is 1.99. The molecule has 11 heteroatoms. The molecule has 4 rings (SSSR count). The predicted octanol–water partition coefficient (Wildman–Crippen LogP) is 0.0746. The van der Waals surface area contributed by atoms with Gasteiger partial charge in [-0.3, -0.25) is 4.79 Å². The van der Waals surface area contributed by atoms with Gasteiger partial charge in [-0.25, -0.2) is 4.68 Å². The highest BCUT2D eigenvalue weighted by atomic mass is 16.5. The topological polar surface area (TPSA) is 130 Å². The van der Waals surface area contributed by atoms with E-state index in [9.17, 15) is 9.90 Å². The van der Waals surface area contributed by atoms with Crippen LogP contribution in [0.2, 0.25) is 0 Å². The summed E-state index contributed by atoms with van der Waals surface area (Å²) >= 11 is 0. The molecule has 0 aliphatic rings. The number of benzene rings is 1. The molecule has 0 fully saturated rings. The van der Waals surface area contributed by atoms with Crippen molar-refractivity contribution < 1.29 is 19.4 Å². The highest BCUT2D eigenvalue weighted by Crippen LogP contribution is 2.22. The SMILES string of the molecule is COC(=O)Cc1nn(-c2ccc(OC)cc2)c2c1nnc1nc(CO)nn12. The lowest BCUT2D eigenvalue weighted by Gasteiger charge is -2.05. The van der Waals surface area contributed by atoms with Crippen LogP contribution in [0.25, 0.3) is 22.6 Å². The van der Waals surface area contributed by atoms with Crippen LogP contribution in [-0.4, -0.2) is 59.9 Å². The van der Waals surface area contributed by atoms with E-state index in [4.69, 9.17) is 9.47 Å². The molecule has 0 amide bonds. The van der Waals surface area contributed by atoms with Crippen molar-refractivity contribution in [3.05, 3.63) is 35.8 Å². The average Bonchev–Trinajstić information content (AvgIpc) is 3.29. The molecule has 0 bridgehead atoms. The van der Waals surface area contributed by atoms with Gasteiger partial charge in [0.15, 0.2) is 17.0 Å². The number of aliphatic hydroxyl groups excluding tert-OH is 1. The monoisotopic (exact) mass is 369 g/mol. The van der Waals surface area contributed by atoms with E-state index in [0.717, 1.165) is 0 Å². The quantitative estimate of drug-likeness (QED) is 0.486. The fourth-order valence-corrected chi connectivity index (χ4v) is 2.68.